The molecule has 1 aromatic heterocycles. The van der Waals surface area contributed by atoms with E-state index < -0.39 is 17.8 Å². The van der Waals surface area contributed by atoms with E-state index in [9.17, 15) is 14.7 Å². The largest absolute Gasteiger partial charge is 0.481 e. The first-order chi connectivity index (χ1) is 9.16. The number of anilines is 1. The fourth-order valence-electron chi connectivity index (χ4n) is 3.11. The summed E-state index contributed by atoms with van der Waals surface area (Å²) in [4.78, 5) is 31.2. The molecule has 1 fully saturated rings. The summed E-state index contributed by atoms with van der Waals surface area (Å²) in [6, 6.07) is 0. The number of aromatic nitrogens is 2. The summed E-state index contributed by atoms with van der Waals surface area (Å²) in [5.74, 6) is -2.30. The number of nitrogens with zero attached hydrogens (tertiary/aromatic N) is 2. The standard InChI is InChI=1S/C13H13N3O3/c17-12(16-9-4-14-6-15-5-9)10-7-1-2-8(3-7)11(10)13(18)19/h1-2,4-8,10-11H,3H2,(H,16,17)(H,18,19)/t7?,8?,10-,11+/m0/s1. The van der Waals surface area contributed by atoms with Crippen molar-refractivity contribution in [3.63, 3.8) is 0 Å². The van der Waals surface area contributed by atoms with E-state index in [1.165, 1.54) is 18.7 Å². The van der Waals surface area contributed by atoms with Crippen LogP contribution in [-0.4, -0.2) is 27.0 Å². The van der Waals surface area contributed by atoms with Crippen molar-refractivity contribution < 1.29 is 14.7 Å². The SMILES string of the molecule is O=C(O)[C@@H]1C2C=CC(C2)[C@@H]1C(=O)Nc1cncnc1. The minimum absolute atomic E-state index is 0.0229. The fraction of sp³-hybridized carbons (Fsp3) is 0.385. The summed E-state index contributed by atoms with van der Waals surface area (Å²) in [5.41, 5.74) is 0.489. The molecule has 1 aromatic rings. The predicted molar refractivity (Wildman–Crippen MR) is 66.0 cm³/mol. The molecule has 0 saturated heterocycles. The molecule has 1 amide bonds. The van der Waals surface area contributed by atoms with Gasteiger partial charge in [0.05, 0.1) is 29.9 Å². The maximum absolute atomic E-state index is 12.3. The average Bonchev–Trinajstić information content (AvgIpc) is 2.99. The molecule has 0 aliphatic heterocycles. The Bertz CT molecular complexity index is 543. The van der Waals surface area contributed by atoms with Gasteiger partial charge in [0.2, 0.25) is 5.91 Å². The zero-order valence-electron chi connectivity index (χ0n) is 10.1. The Labute approximate surface area is 109 Å². The molecule has 4 atom stereocenters. The normalized spacial score (nSPS) is 31.4. The van der Waals surface area contributed by atoms with Gasteiger partial charge in [0.15, 0.2) is 0 Å². The topological polar surface area (TPSA) is 92.2 Å². The third-order valence-electron chi connectivity index (χ3n) is 3.88. The van der Waals surface area contributed by atoms with E-state index >= 15 is 0 Å². The molecule has 98 valence electrons. The molecule has 0 aromatic carbocycles. The zero-order chi connectivity index (χ0) is 13.4. The minimum Gasteiger partial charge on any atom is -0.481 e. The summed E-state index contributed by atoms with van der Waals surface area (Å²) in [5, 5.41) is 12.0. The van der Waals surface area contributed by atoms with Gasteiger partial charge in [-0.05, 0) is 18.3 Å². The zero-order valence-corrected chi connectivity index (χ0v) is 10.1. The van der Waals surface area contributed by atoms with E-state index in [0.717, 1.165) is 6.42 Å². The quantitative estimate of drug-likeness (QED) is 0.788. The van der Waals surface area contributed by atoms with Gasteiger partial charge in [-0.25, -0.2) is 9.97 Å². The predicted octanol–water partition coefficient (Wildman–Crippen LogP) is 0.938. The number of nitrogens with one attached hydrogen (secondary N) is 1. The number of allylic oxidation sites excluding steroid dienone is 2. The highest BCUT2D eigenvalue weighted by Gasteiger charge is 2.51. The lowest BCUT2D eigenvalue weighted by Crippen LogP contribution is -2.36. The monoisotopic (exact) mass is 259 g/mol. The van der Waals surface area contributed by atoms with Gasteiger partial charge >= 0.3 is 5.97 Å². The lowest BCUT2D eigenvalue weighted by atomic mass is 9.82. The smallest absolute Gasteiger partial charge is 0.307 e. The van der Waals surface area contributed by atoms with E-state index in [4.69, 9.17) is 0 Å². The van der Waals surface area contributed by atoms with Crippen molar-refractivity contribution in [1.29, 1.82) is 0 Å². The van der Waals surface area contributed by atoms with Crippen LogP contribution in [-0.2, 0) is 9.59 Å². The molecule has 2 aliphatic carbocycles. The fourth-order valence-corrected chi connectivity index (χ4v) is 3.11. The number of amides is 1. The second-order valence-electron chi connectivity index (χ2n) is 4.95. The summed E-state index contributed by atoms with van der Waals surface area (Å²) >= 11 is 0. The summed E-state index contributed by atoms with van der Waals surface area (Å²) < 4.78 is 0. The third-order valence-corrected chi connectivity index (χ3v) is 3.88. The van der Waals surface area contributed by atoms with Crippen LogP contribution in [0.2, 0.25) is 0 Å². The molecule has 2 aliphatic rings. The van der Waals surface area contributed by atoms with Crippen LogP contribution >= 0.6 is 0 Å². The van der Waals surface area contributed by atoms with Crippen LogP contribution < -0.4 is 5.32 Å². The van der Waals surface area contributed by atoms with Gasteiger partial charge in [0, 0.05) is 0 Å². The number of carboxylic acid groups (broad SMARTS) is 1. The number of carbonyl (C=O) groups is 2. The number of hydrogen-bond acceptors (Lipinski definition) is 4. The Kier molecular flexibility index (Phi) is 2.77. The number of fused-ring (bicyclic) bond motifs is 2. The summed E-state index contributed by atoms with van der Waals surface area (Å²) in [6.07, 6.45) is 8.97. The molecule has 2 unspecified atom stereocenters. The van der Waals surface area contributed by atoms with Crippen molar-refractivity contribution in [1.82, 2.24) is 9.97 Å². The number of carbonyl (C=O) groups excluding carboxylic acids is 1. The Morgan fingerprint density at radius 1 is 1.16 bits per heavy atom. The maximum Gasteiger partial charge on any atom is 0.307 e. The molecule has 3 rings (SSSR count). The van der Waals surface area contributed by atoms with Crippen LogP contribution in [0.25, 0.3) is 0 Å². The van der Waals surface area contributed by atoms with Gasteiger partial charge in [0.25, 0.3) is 0 Å². The molecule has 2 N–H and O–H groups in total. The van der Waals surface area contributed by atoms with E-state index in [2.05, 4.69) is 15.3 Å². The van der Waals surface area contributed by atoms with Crippen LogP contribution in [0.1, 0.15) is 6.42 Å². The molecule has 2 bridgehead atoms. The van der Waals surface area contributed by atoms with Gasteiger partial charge in [-0.15, -0.1) is 0 Å². The third kappa shape index (κ3) is 1.99. The van der Waals surface area contributed by atoms with Gasteiger partial charge in [0.1, 0.15) is 6.33 Å². The minimum atomic E-state index is -0.902. The molecular formula is C13H13N3O3. The maximum atomic E-state index is 12.3. The molecule has 0 spiro atoms. The second kappa shape index (κ2) is 4.46. The van der Waals surface area contributed by atoms with Crippen LogP contribution in [0.5, 0.6) is 0 Å². The first-order valence-corrected chi connectivity index (χ1v) is 6.14. The van der Waals surface area contributed by atoms with Crippen molar-refractivity contribution in [2.45, 2.75) is 6.42 Å². The van der Waals surface area contributed by atoms with Crippen LogP contribution in [0.3, 0.4) is 0 Å². The molecule has 19 heavy (non-hydrogen) atoms. The average molecular weight is 259 g/mol. The Morgan fingerprint density at radius 2 is 1.79 bits per heavy atom. The van der Waals surface area contributed by atoms with E-state index in [0.29, 0.717) is 5.69 Å². The number of aliphatic carboxylic acids is 1. The first-order valence-electron chi connectivity index (χ1n) is 6.14. The summed E-state index contributed by atoms with van der Waals surface area (Å²) in [7, 11) is 0. The first kappa shape index (κ1) is 11.8. The molecular weight excluding hydrogens is 246 g/mol. The lowest BCUT2D eigenvalue weighted by molar-refractivity contribution is -0.146. The van der Waals surface area contributed by atoms with Crippen LogP contribution in [0.4, 0.5) is 5.69 Å². The van der Waals surface area contributed by atoms with Crippen molar-refractivity contribution in [3.05, 3.63) is 30.9 Å². The highest BCUT2D eigenvalue weighted by atomic mass is 16.4. The summed E-state index contributed by atoms with van der Waals surface area (Å²) in [6.45, 7) is 0. The van der Waals surface area contributed by atoms with E-state index in [1.54, 1.807) is 0 Å². The van der Waals surface area contributed by atoms with Gasteiger partial charge < -0.3 is 10.4 Å². The lowest BCUT2D eigenvalue weighted by Gasteiger charge is -2.23. The highest BCUT2D eigenvalue weighted by Crippen LogP contribution is 2.48. The molecule has 1 heterocycles. The van der Waals surface area contributed by atoms with Crippen molar-refractivity contribution in [2.24, 2.45) is 23.7 Å². The Morgan fingerprint density at radius 3 is 2.42 bits per heavy atom. The van der Waals surface area contributed by atoms with E-state index in [1.807, 2.05) is 12.2 Å². The van der Waals surface area contributed by atoms with Crippen LogP contribution in [0, 0.1) is 23.7 Å². The molecule has 1 saturated carbocycles. The van der Waals surface area contributed by atoms with Crippen LogP contribution in [0.15, 0.2) is 30.9 Å². The Hall–Kier alpha value is -2.24. The molecule has 0 radical (unpaired) electrons. The van der Waals surface area contributed by atoms with Gasteiger partial charge in [-0.3, -0.25) is 9.59 Å². The molecule has 6 nitrogen and oxygen atoms in total. The molecule has 6 heteroatoms. The van der Waals surface area contributed by atoms with Gasteiger partial charge in [-0.1, -0.05) is 12.2 Å². The van der Waals surface area contributed by atoms with E-state index in [-0.39, 0.29) is 17.7 Å². The van der Waals surface area contributed by atoms with Crippen molar-refractivity contribution in [2.75, 3.05) is 5.32 Å². The Balaban J connectivity index is 1.79. The number of carboxylic acids is 1. The number of hydrogen-bond donors (Lipinski definition) is 2. The number of rotatable bonds is 3. The van der Waals surface area contributed by atoms with Crippen molar-refractivity contribution >= 4 is 17.6 Å². The van der Waals surface area contributed by atoms with Crippen molar-refractivity contribution in [3.8, 4) is 0 Å². The van der Waals surface area contributed by atoms with Gasteiger partial charge in [-0.2, -0.15) is 0 Å². The second-order valence-corrected chi connectivity index (χ2v) is 4.95. The highest BCUT2D eigenvalue weighted by molar-refractivity contribution is 5.96.